The molecule has 1 saturated heterocycles. The van der Waals surface area contributed by atoms with Crippen molar-refractivity contribution in [3.8, 4) is 5.75 Å². The van der Waals surface area contributed by atoms with E-state index in [2.05, 4.69) is 9.74 Å². The second-order valence-corrected chi connectivity index (χ2v) is 6.30. The van der Waals surface area contributed by atoms with E-state index in [4.69, 9.17) is 11.3 Å². The number of hydrogen-bond donors (Lipinski definition) is 0. The molecule has 1 aliphatic rings. The molecule has 1 fully saturated rings. The summed E-state index contributed by atoms with van der Waals surface area (Å²) in [7, 11) is 0. The Balaban J connectivity index is 1.54. The van der Waals surface area contributed by atoms with Gasteiger partial charge in [0.2, 0.25) is 0 Å². The van der Waals surface area contributed by atoms with Gasteiger partial charge >= 0.3 is 6.18 Å². The molecule has 0 N–H and O–H groups in total. The summed E-state index contributed by atoms with van der Waals surface area (Å²) in [5.74, 6) is 0.829. The van der Waals surface area contributed by atoms with Gasteiger partial charge in [-0.3, -0.25) is 4.90 Å². The SMILES string of the molecule is [C-]#[N+]c1ccc(N2CCN(CCOc3ccccc3)CC2)cc1C(F)(F)F. The summed E-state index contributed by atoms with van der Waals surface area (Å²) in [5, 5.41) is 0. The van der Waals surface area contributed by atoms with Crippen molar-refractivity contribution in [2.75, 3.05) is 44.2 Å². The second-order valence-electron chi connectivity index (χ2n) is 6.30. The molecule has 0 amide bonds. The Hall–Kier alpha value is -2.72. The van der Waals surface area contributed by atoms with Crippen LogP contribution in [0.25, 0.3) is 4.85 Å². The first-order chi connectivity index (χ1) is 13.0. The predicted octanol–water partition coefficient (Wildman–Crippen LogP) is 4.46. The lowest BCUT2D eigenvalue weighted by molar-refractivity contribution is -0.136. The maximum atomic E-state index is 13.1. The van der Waals surface area contributed by atoms with Gasteiger partial charge in [0, 0.05) is 38.4 Å². The van der Waals surface area contributed by atoms with Gasteiger partial charge in [0.05, 0.1) is 12.1 Å². The van der Waals surface area contributed by atoms with E-state index >= 15 is 0 Å². The second kappa shape index (κ2) is 8.31. The lowest BCUT2D eigenvalue weighted by Crippen LogP contribution is -2.47. The molecule has 142 valence electrons. The van der Waals surface area contributed by atoms with Crippen LogP contribution in [0.4, 0.5) is 24.5 Å². The van der Waals surface area contributed by atoms with Gasteiger partial charge in [-0.2, -0.15) is 13.2 Å². The van der Waals surface area contributed by atoms with E-state index in [1.54, 1.807) is 6.07 Å². The Morgan fingerprint density at radius 1 is 1.00 bits per heavy atom. The third-order valence-corrected chi connectivity index (χ3v) is 4.56. The number of rotatable bonds is 5. The van der Waals surface area contributed by atoms with Crippen LogP contribution in [0, 0.1) is 6.57 Å². The minimum absolute atomic E-state index is 0.358. The Morgan fingerprint density at radius 2 is 1.70 bits per heavy atom. The molecule has 0 radical (unpaired) electrons. The van der Waals surface area contributed by atoms with E-state index in [1.807, 2.05) is 35.2 Å². The molecule has 4 nitrogen and oxygen atoms in total. The quantitative estimate of drug-likeness (QED) is 0.720. The van der Waals surface area contributed by atoms with Crippen molar-refractivity contribution in [3.05, 3.63) is 65.5 Å². The fraction of sp³-hybridized carbons (Fsp3) is 0.350. The molecule has 1 aliphatic heterocycles. The summed E-state index contributed by atoms with van der Waals surface area (Å²) in [5.41, 5.74) is -0.716. The van der Waals surface area contributed by atoms with Crippen LogP contribution >= 0.6 is 0 Å². The molecule has 0 bridgehead atoms. The van der Waals surface area contributed by atoms with Gasteiger partial charge in [0.25, 0.3) is 0 Å². The summed E-state index contributed by atoms with van der Waals surface area (Å²) in [6.07, 6.45) is -4.52. The van der Waals surface area contributed by atoms with Crippen molar-refractivity contribution >= 4 is 11.4 Å². The van der Waals surface area contributed by atoms with E-state index in [1.165, 1.54) is 6.07 Å². The molecule has 7 heteroatoms. The smallest absolute Gasteiger partial charge is 0.407 e. The molecule has 27 heavy (non-hydrogen) atoms. The average molecular weight is 375 g/mol. The molecule has 0 aromatic heterocycles. The van der Waals surface area contributed by atoms with Crippen LogP contribution < -0.4 is 9.64 Å². The highest BCUT2D eigenvalue weighted by Gasteiger charge is 2.34. The van der Waals surface area contributed by atoms with E-state index in [-0.39, 0.29) is 5.69 Å². The monoisotopic (exact) mass is 375 g/mol. The number of para-hydroxylation sites is 1. The van der Waals surface area contributed by atoms with Crippen LogP contribution in [0.5, 0.6) is 5.75 Å². The van der Waals surface area contributed by atoms with Crippen LogP contribution in [0.15, 0.2) is 48.5 Å². The Morgan fingerprint density at radius 3 is 2.33 bits per heavy atom. The van der Waals surface area contributed by atoms with Crippen molar-refractivity contribution < 1.29 is 17.9 Å². The standard InChI is InChI=1S/C20H20F3N3O/c1-24-19-8-7-16(15-18(19)20(21,22)23)26-11-9-25(10-12-26)13-14-27-17-5-3-2-4-6-17/h2-8,15H,9-14H2. The maximum Gasteiger partial charge on any atom is 0.407 e. The summed E-state index contributed by atoms with van der Waals surface area (Å²) in [6, 6.07) is 13.5. The minimum Gasteiger partial charge on any atom is -0.492 e. The Labute approximate surface area is 156 Å². The summed E-state index contributed by atoms with van der Waals surface area (Å²) in [4.78, 5) is 7.15. The third-order valence-electron chi connectivity index (χ3n) is 4.56. The fourth-order valence-electron chi connectivity index (χ4n) is 3.08. The lowest BCUT2D eigenvalue weighted by atomic mass is 10.1. The van der Waals surface area contributed by atoms with Crippen molar-refractivity contribution in [3.63, 3.8) is 0 Å². The van der Waals surface area contributed by atoms with E-state index < -0.39 is 11.7 Å². The van der Waals surface area contributed by atoms with Gasteiger partial charge in [0.1, 0.15) is 12.4 Å². The molecular formula is C20H20F3N3O. The highest BCUT2D eigenvalue weighted by molar-refractivity contribution is 5.62. The number of halogens is 3. The van der Waals surface area contributed by atoms with Crippen molar-refractivity contribution in [1.82, 2.24) is 4.90 Å². The number of anilines is 1. The zero-order chi connectivity index (χ0) is 19.3. The van der Waals surface area contributed by atoms with Crippen molar-refractivity contribution in [2.24, 2.45) is 0 Å². The first-order valence-electron chi connectivity index (χ1n) is 8.71. The highest BCUT2D eigenvalue weighted by Crippen LogP contribution is 2.38. The van der Waals surface area contributed by atoms with Crippen LogP contribution in [-0.2, 0) is 6.18 Å². The Bertz CT molecular complexity index is 794. The van der Waals surface area contributed by atoms with Gasteiger partial charge in [-0.05, 0) is 24.3 Å². The number of hydrogen-bond acceptors (Lipinski definition) is 3. The molecule has 0 spiro atoms. The van der Waals surface area contributed by atoms with Gasteiger partial charge < -0.3 is 9.64 Å². The highest BCUT2D eigenvalue weighted by atomic mass is 19.4. The molecule has 0 unspecified atom stereocenters. The molecule has 1 heterocycles. The van der Waals surface area contributed by atoms with E-state index in [0.29, 0.717) is 25.4 Å². The van der Waals surface area contributed by atoms with Crippen LogP contribution in [0.1, 0.15) is 5.56 Å². The summed E-state index contributed by atoms with van der Waals surface area (Å²) in [6.45, 7) is 11.1. The third kappa shape index (κ3) is 4.92. The van der Waals surface area contributed by atoms with E-state index in [0.717, 1.165) is 31.5 Å². The molecule has 0 atom stereocenters. The van der Waals surface area contributed by atoms with Crippen molar-refractivity contribution in [1.29, 1.82) is 0 Å². The topological polar surface area (TPSA) is 20.1 Å². The number of benzene rings is 2. The summed E-state index contributed by atoms with van der Waals surface area (Å²) >= 11 is 0. The molecule has 0 aliphatic carbocycles. The predicted molar refractivity (Wildman–Crippen MR) is 98.3 cm³/mol. The molecular weight excluding hydrogens is 355 g/mol. The lowest BCUT2D eigenvalue weighted by Gasteiger charge is -2.36. The van der Waals surface area contributed by atoms with Crippen molar-refractivity contribution in [2.45, 2.75) is 6.18 Å². The van der Waals surface area contributed by atoms with Crippen LogP contribution in [-0.4, -0.2) is 44.2 Å². The largest absolute Gasteiger partial charge is 0.492 e. The first kappa shape index (κ1) is 19.1. The molecule has 2 aromatic rings. The molecule has 2 aromatic carbocycles. The van der Waals surface area contributed by atoms with Gasteiger partial charge in [0.15, 0.2) is 5.69 Å². The normalized spacial score (nSPS) is 15.4. The maximum absolute atomic E-state index is 13.1. The zero-order valence-corrected chi connectivity index (χ0v) is 14.7. The number of ether oxygens (including phenoxy) is 1. The van der Waals surface area contributed by atoms with Gasteiger partial charge in [-0.15, -0.1) is 0 Å². The number of nitrogens with zero attached hydrogens (tertiary/aromatic N) is 3. The van der Waals surface area contributed by atoms with Gasteiger partial charge in [-0.1, -0.05) is 24.3 Å². The Kier molecular flexibility index (Phi) is 5.87. The average Bonchev–Trinajstić information content (AvgIpc) is 2.68. The minimum atomic E-state index is -4.52. The van der Waals surface area contributed by atoms with E-state index in [9.17, 15) is 13.2 Å². The first-order valence-corrected chi connectivity index (χ1v) is 8.71. The van der Waals surface area contributed by atoms with Crippen LogP contribution in [0.3, 0.4) is 0 Å². The number of alkyl halides is 3. The molecule has 0 saturated carbocycles. The summed E-state index contributed by atoms with van der Waals surface area (Å²) < 4.78 is 45.1. The number of piperazine rings is 1. The molecule has 3 rings (SSSR count). The van der Waals surface area contributed by atoms with Gasteiger partial charge in [-0.25, -0.2) is 4.85 Å². The zero-order valence-electron chi connectivity index (χ0n) is 14.7. The van der Waals surface area contributed by atoms with Crippen LogP contribution in [0.2, 0.25) is 0 Å². The fourth-order valence-corrected chi connectivity index (χ4v) is 3.08.